The van der Waals surface area contributed by atoms with E-state index in [-0.39, 0.29) is 5.91 Å². The number of methoxy groups -OCH3 is 2. The Morgan fingerprint density at radius 2 is 1.88 bits per heavy atom. The van der Waals surface area contributed by atoms with Gasteiger partial charge in [0, 0.05) is 32.1 Å². The molecule has 2 heterocycles. The Morgan fingerprint density at radius 1 is 1.15 bits per heavy atom. The summed E-state index contributed by atoms with van der Waals surface area (Å²) in [6.45, 7) is 5.75. The molecular weight excluding hydrogens is 332 g/mol. The van der Waals surface area contributed by atoms with E-state index >= 15 is 0 Å². The molecule has 0 atom stereocenters. The van der Waals surface area contributed by atoms with E-state index in [1.54, 1.807) is 14.2 Å². The first kappa shape index (κ1) is 18.3. The molecule has 3 rings (SSSR count). The fourth-order valence-corrected chi connectivity index (χ4v) is 3.13. The molecule has 140 valence electrons. The Labute approximate surface area is 153 Å². The van der Waals surface area contributed by atoms with Crippen LogP contribution in [0.5, 0.6) is 11.5 Å². The number of hydrogen-bond donors (Lipinski definition) is 1. The second-order valence-electron chi connectivity index (χ2n) is 6.41. The van der Waals surface area contributed by atoms with Gasteiger partial charge in [0.05, 0.1) is 38.7 Å². The van der Waals surface area contributed by atoms with Crippen LogP contribution in [0.4, 0.5) is 0 Å². The van der Waals surface area contributed by atoms with Gasteiger partial charge in [0.2, 0.25) is 5.91 Å². The molecule has 1 amide bonds. The number of benzene rings is 1. The molecule has 1 aromatic carbocycles. The largest absolute Gasteiger partial charge is 0.497 e. The maximum absolute atomic E-state index is 11.4. The van der Waals surface area contributed by atoms with Crippen LogP contribution < -0.4 is 14.8 Å². The third-order valence-electron chi connectivity index (χ3n) is 4.53. The summed E-state index contributed by atoms with van der Waals surface area (Å²) in [6.07, 6.45) is 0.491. The molecule has 0 radical (unpaired) electrons. The number of amides is 1. The Bertz CT molecular complexity index is 750. The van der Waals surface area contributed by atoms with Crippen LogP contribution in [0.3, 0.4) is 0 Å². The molecule has 1 aliphatic rings. The van der Waals surface area contributed by atoms with Crippen molar-refractivity contribution in [3.05, 3.63) is 41.2 Å². The van der Waals surface area contributed by atoms with E-state index in [1.807, 2.05) is 29.8 Å². The van der Waals surface area contributed by atoms with Crippen molar-refractivity contribution >= 4 is 5.91 Å². The molecule has 0 bridgehead atoms. The molecule has 7 nitrogen and oxygen atoms in total. The van der Waals surface area contributed by atoms with Crippen LogP contribution in [-0.2, 0) is 31.0 Å². The van der Waals surface area contributed by atoms with E-state index < -0.39 is 0 Å². The predicted molar refractivity (Wildman–Crippen MR) is 98.0 cm³/mol. The van der Waals surface area contributed by atoms with Crippen molar-refractivity contribution in [2.75, 3.05) is 20.8 Å². The molecule has 0 aliphatic carbocycles. The molecule has 1 aliphatic heterocycles. The minimum Gasteiger partial charge on any atom is -0.497 e. The van der Waals surface area contributed by atoms with E-state index in [4.69, 9.17) is 9.47 Å². The maximum atomic E-state index is 11.4. The Balaban J connectivity index is 1.65. The molecular formula is C19H26N4O3. The summed E-state index contributed by atoms with van der Waals surface area (Å²) in [6, 6.07) is 8.04. The molecule has 0 spiro atoms. The second-order valence-corrected chi connectivity index (χ2v) is 6.41. The van der Waals surface area contributed by atoms with Gasteiger partial charge in [-0.3, -0.25) is 14.4 Å². The first-order chi connectivity index (χ1) is 12.6. The van der Waals surface area contributed by atoms with Gasteiger partial charge in [-0.05, 0) is 23.8 Å². The molecule has 7 heteroatoms. The number of carbonyl (C=O) groups is 1. The zero-order valence-electron chi connectivity index (χ0n) is 15.6. The Hall–Kier alpha value is -2.54. The van der Waals surface area contributed by atoms with Crippen LogP contribution in [0, 0.1) is 0 Å². The number of nitrogens with zero attached hydrogens (tertiary/aromatic N) is 3. The number of fused-ring (bicyclic) bond motifs is 1. The highest BCUT2D eigenvalue weighted by Gasteiger charge is 2.19. The summed E-state index contributed by atoms with van der Waals surface area (Å²) < 4.78 is 12.7. The van der Waals surface area contributed by atoms with Crippen molar-refractivity contribution in [2.45, 2.75) is 39.5 Å². The summed E-state index contributed by atoms with van der Waals surface area (Å²) in [5.41, 5.74) is 3.24. The molecule has 0 unspecified atom stereocenters. The minimum atomic E-state index is 0.0459. The van der Waals surface area contributed by atoms with Crippen molar-refractivity contribution in [1.82, 2.24) is 20.0 Å². The van der Waals surface area contributed by atoms with Crippen LogP contribution in [0.25, 0.3) is 0 Å². The fraction of sp³-hybridized carbons (Fsp3) is 0.474. The van der Waals surface area contributed by atoms with Crippen LogP contribution in [0.2, 0.25) is 0 Å². The van der Waals surface area contributed by atoms with Crippen molar-refractivity contribution < 1.29 is 14.3 Å². The highest BCUT2D eigenvalue weighted by Crippen LogP contribution is 2.24. The topological polar surface area (TPSA) is 68.6 Å². The van der Waals surface area contributed by atoms with Crippen LogP contribution in [0.1, 0.15) is 30.3 Å². The van der Waals surface area contributed by atoms with Crippen LogP contribution in [0.15, 0.2) is 24.3 Å². The van der Waals surface area contributed by atoms with Gasteiger partial charge in [0.15, 0.2) is 0 Å². The summed E-state index contributed by atoms with van der Waals surface area (Å²) in [5.74, 6) is 1.65. The van der Waals surface area contributed by atoms with Crippen molar-refractivity contribution in [3.63, 3.8) is 0 Å². The van der Waals surface area contributed by atoms with Crippen LogP contribution >= 0.6 is 0 Å². The smallest absolute Gasteiger partial charge is 0.220 e. The zero-order valence-corrected chi connectivity index (χ0v) is 15.6. The predicted octanol–water partition coefficient (Wildman–Crippen LogP) is 1.94. The van der Waals surface area contributed by atoms with Gasteiger partial charge in [0.25, 0.3) is 0 Å². The molecule has 1 aromatic heterocycles. The minimum absolute atomic E-state index is 0.0459. The monoisotopic (exact) mass is 358 g/mol. The van der Waals surface area contributed by atoms with Gasteiger partial charge in [-0.25, -0.2) is 0 Å². The van der Waals surface area contributed by atoms with E-state index in [0.29, 0.717) is 13.0 Å². The van der Waals surface area contributed by atoms with Gasteiger partial charge in [-0.1, -0.05) is 6.92 Å². The lowest BCUT2D eigenvalue weighted by molar-refractivity contribution is -0.120. The lowest BCUT2D eigenvalue weighted by Crippen LogP contribution is -2.33. The summed E-state index contributed by atoms with van der Waals surface area (Å²) in [5, 5.41) is 7.47. The first-order valence-electron chi connectivity index (χ1n) is 8.88. The van der Waals surface area contributed by atoms with E-state index in [2.05, 4.69) is 21.4 Å². The number of aromatic nitrogens is 2. The summed E-state index contributed by atoms with van der Waals surface area (Å²) >= 11 is 0. The van der Waals surface area contributed by atoms with Gasteiger partial charge in [-0.2, -0.15) is 5.10 Å². The van der Waals surface area contributed by atoms with Gasteiger partial charge in [-0.15, -0.1) is 0 Å². The highest BCUT2D eigenvalue weighted by molar-refractivity contribution is 5.75. The quantitative estimate of drug-likeness (QED) is 0.819. The zero-order chi connectivity index (χ0) is 18.5. The van der Waals surface area contributed by atoms with Crippen molar-refractivity contribution in [1.29, 1.82) is 0 Å². The van der Waals surface area contributed by atoms with E-state index in [1.165, 1.54) is 5.69 Å². The van der Waals surface area contributed by atoms with Crippen molar-refractivity contribution in [3.8, 4) is 11.5 Å². The number of carbonyl (C=O) groups excluding carboxylic acids is 1. The highest BCUT2D eigenvalue weighted by atomic mass is 16.5. The summed E-state index contributed by atoms with van der Waals surface area (Å²) in [7, 11) is 3.33. The SMILES string of the molecule is CCC(=O)NCc1cc2n(n1)CCN(Cc1cc(OC)cc(OC)c1)C2. The van der Waals surface area contributed by atoms with Gasteiger partial charge in [0.1, 0.15) is 11.5 Å². The molecule has 0 saturated carbocycles. The first-order valence-corrected chi connectivity index (χ1v) is 8.88. The second kappa shape index (κ2) is 8.23. The van der Waals surface area contributed by atoms with Crippen molar-refractivity contribution in [2.24, 2.45) is 0 Å². The Kier molecular flexibility index (Phi) is 5.78. The number of nitrogens with one attached hydrogen (secondary N) is 1. The number of rotatable bonds is 7. The van der Waals surface area contributed by atoms with Gasteiger partial charge >= 0.3 is 0 Å². The third kappa shape index (κ3) is 4.35. The molecule has 0 saturated heterocycles. The standard InChI is InChI=1S/C19H26N4O3/c1-4-19(24)20-11-15-9-16-13-22(5-6-23(16)21-15)12-14-7-17(25-2)10-18(8-14)26-3/h7-10H,4-6,11-13H2,1-3H3,(H,20,24). The maximum Gasteiger partial charge on any atom is 0.220 e. The van der Waals surface area contributed by atoms with Crippen LogP contribution in [-0.4, -0.2) is 41.4 Å². The lowest BCUT2D eigenvalue weighted by atomic mass is 10.1. The average molecular weight is 358 g/mol. The number of ether oxygens (including phenoxy) is 2. The average Bonchev–Trinajstić information content (AvgIpc) is 3.07. The number of hydrogen-bond acceptors (Lipinski definition) is 5. The fourth-order valence-electron chi connectivity index (χ4n) is 3.13. The summed E-state index contributed by atoms with van der Waals surface area (Å²) in [4.78, 5) is 13.8. The Morgan fingerprint density at radius 3 is 2.54 bits per heavy atom. The normalized spacial score (nSPS) is 14.0. The molecule has 26 heavy (non-hydrogen) atoms. The molecule has 1 N–H and O–H groups in total. The van der Waals surface area contributed by atoms with E-state index in [0.717, 1.165) is 48.9 Å². The lowest BCUT2D eigenvalue weighted by Gasteiger charge is -2.27. The van der Waals surface area contributed by atoms with E-state index in [9.17, 15) is 4.79 Å². The molecule has 2 aromatic rings. The molecule has 0 fully saturated rings. The van der Waals surface area contributed by atoms with Gasteiger partial charge < -0.3 is 14.8 Å². The third-order valence-corrected chi connectivity index (χ3v) is 4.53.